The van der Waals surface area contributed by atoms with Gasteiger partial charge in [0, 0.05) is 30.1 Å². The molecule has 1 aromatic carbocycles. The van der Waals surface area contributed by atoms with Gasteiger partial charge in [0.1, 0.15) is 5.75 Å². The molecule has 0 radical (unpaired) electrons. The third-order valence-electron chi connectivity index (χ3n) is 4.11. The van der Waals surface area contributed by atoms with Gasteiger partial charge in [-0.25, -0.2) is 0 Å². The van der Waals surface area contributed by atoms with Crippen LogP contribution in [0.2, 0.25) is 5.02 Å². The van der Waals surface area contributed by atoms with E-state index in [0.29, 0.717) is 28.8 Å². The Morgan fingerprint density at radius 2 is 1.78 bits per heavy atom. The van der Waals surface area contributed by atoms with Crippen LogP contribution >= 0.6 is 11.6 Å². The van der Waals surface area contributed by atoms with Crippen molar-refractivity contribution in [3.8, 4) is 28.3 Å². The average Bonchev–Trinajstić information content (AvgIpc) is 2.67. The smallest absolute Gasteiger partial charge is 0.138 e. The Morgan fingerprint density at radius 3 is 2.52 bits per heavy atom. The highest BCUT2D eigenvalue weighted by molar-refractivity contribution is 6.32. The maximum atomic E-state index is 6.32. The molecule has 0 aliphatic carbocycles. The number of nitrogen functional groups attached to an aromatic ring is 1. The van der Waals surface area contributed by atoms with Gasteiger partial charge in [-0.1, -0.05) is 17.7 Å². The Kier molecular flexibility index (Phi) is 6.27. The van der Waals surface area contributed by atoms with Crippen molar-refractivity contribution in [1.82, 2.24) is 14.9 Å². The second-order valence-electron chi connectivity index (χ2n) is 6.49. The summed E-state index contributed by atoms with van der Waals surface area (Å²) < 4.78 is 5.89. The predicted octanol–water partition coefficient (Wildman–Crippen LogP) is 4.38. The molecule has 27 heavy (non-hydrogen) atoms. The summed E-state index contributed by atoms with van der Waals surface area (Å²) in [4.78, 5) is 11.1. The highest BCUT2D eigenvalue weighted by atomic mass is 35.5. The highest BCUT2D eigenvalue weighted by Crippen LogP contribution is 2.35. The van der Waals surface area contributed by atoms with Crippen LogP contribution in [0.4, 0.5) is 5.69 Å². The van der Waals surface area contributed by atoms with Gasteiger partial charge in [-0.15, -0.1) is 0 Å². The summed E-state index contributed by atoms with van der Waals surface area (Å²) in [7, 11) is 4.08. The van der Waals surface area contributed by atoms with E-state index in [4.69, 9.17) is 22.1 Å². The summed E-state index contributed by atoms with van der Waals surface area (Å²) in [5, 5.41) is 0.582. The molecule has 0 saturated carbocycles. The molecule has 0 unspecified atom stereocenters. The van der Waals surface area contributed by atoms with Gasteiger partial charge < -0.3 is 15.4 Å². The molecule has 3 rings (SSSR count). The maximum absolute atomic E-state index is 6.32. The molecule has 2 heterocycles. The van der Waals surface area contributed by atoms with Gasteiger partial charge >= 0.3 is 0 Å². The van der Waals surface area contributed by atoms with Crippen LogP contribution in [0, 0.1) is 0 Å². The molecule has 2 aromatic heterocycles. The van der Waals surface area contributed by atoms with Gasteiger partial charge in [-0.05, 0) is 56.9 Å². The first-order chi connectivity index (χ1) is 13.1. The van der Waals surface area contributed by atoms with Crippen LogP contribution in [0.25, 0.3) is 22.5 Å². The fraction of sp³-hybridized carbons (Fsp3) is 0.238. The molecular formula is C21H23ClN4O. The van der Waals surface area contributed by atoms with E-state index in [0.717, 1.165) is 29.8 Å². The molecule has 3 aromatic rings. The van der Waals surface area contributed by atoms with Crippen molar-refractivity contribution in [3.63, 3.8) is 0 Å². The minimum absolute atomic E-state index is 0.582. The molecular weight excluding hydrogens is 360 g/mol. The standard InChI is InChI=1S/C21H23ClN4O/c1-26(2)12-5-13-27-19-14-15(8-9-17(19)22)20-16(6-3-10-24-20)21-18(23)7-4-11-25-21/h3-4,6-11,14H,5,12-13,23H2,1-2H3. The molecule has 2 N–H and O–H groups in total. The van der Waals surface area contributed by atoms with E-state index >= 15 is 0 Å². The van der Waals surface area contributed by atoms with Crippen molar-refractivity contribution in [2.24, 2.45) is 0 Å². The molecule has 0 amide bonds. The van der Waals surface area contributed by atoms with Gasteiger partial charge in [0.25, 0.3) is 0 Å². The van der Waals surface area contributed by atoms with Crippen LogP contribution < -0.4 is 10.5 Å². The lowest BCUT2D eigenvalue weighted by atomic mass is 10.0. The quantitative estimate of drug-likeness (QED) is 0.614. The summed E-state index contributed by atoms with van der Waals surface area (Å²) in [6.07, 6.45) is 4.40. The van der Waals surface area contributed by atoms with E-state index in [1.807, 2.05) is 56.6 Å². The number of nitrogens with zero attached hydrogens (tertiary/aromatic N) is 3. The van der Waals surface area contributed by atoms with Crippen LogP contribution in [0.3, 0.4) is 0 Å². The first-order valence-corrected chi connectivity index (χ1v) is 9.17. The Balaban J connectivity index is 1.91. The lowest BCUT2D eigenvalue weighted by Gasteiger charge is -2.14. The number of halogens is 1. The number of ether oxygens (including phenoxy) is 1. The molecule has 0 aliphatic heterocycles. The van der Waals surface area contributed by atoms with Gasteiger partial charge in [0.2, 0.25) is 0 Å². The first-order valence-electron chi connectivity index (χ1n) is 8.79. The summed E-state index contributed by atoms with van der Waals surface area (Å²) in [6, 6.07) is 13.2. The Morgan fingerprint density at radius 1 is 1.04 bits per heavy atom. The van der Waals surface area contributed by atoms with Gasteiger partial charge in [-0.3, -0.25) is 9.97 Å². The Hall–Kier alpha value is -2.63. The minimum Gasteiger partial charge on any atom is -0.492 e. The number of anilines is 1. The zero-order valence-corrected chi connectivity index (χ0v) is 16.3. The largest absolute Gasteiger partial charge is 0.492 e. The number of hydrogen-bond acceptors (Lipinski definition) is 5. The molecule has 140 valence electrons. The number of pyridine rings is 2. The van der Waals surface area contributed by atoms with Gasteiger partial charge in [0.05, 0.1) is 28.7 Å². The molecule has 0 bridgehead atoms. The van der Waals surface area contributed by atoms with Crippen LogP contribution in [-0.4, -0.2) is 42.1 Å². The fourth-order valence-electron chi connectivity index (χ4n) is 2.79. The highest BCUT2D eigenvalue weighted by Gasteiger charge is 2.14. The van der Waals surface area contributed by atoms with E-state index < -0.39 is 0 Å². The van der Waals surface area contributed by atoms with E-state index in [1.54, 1.807) is 12.4 Å². The number of benzene rings is 1. The predicted molar refractivity (Wildman–Crippen MR) is 111 cm³/mol. The van der Waals surface area contributed by atoms with Crippen molar-refractivity contribution in [2.75, 3.05) is 33.0 Å². The van der Waals surface area contributed by atoms with Gasteiger partial charge in [0.15, 0.2) is 0 Å². The topological polar surface area (TPSA) is 64.3 Å². The molecule has 5 nitrogen and oxygen atoms in total. The summed E-state index contributed by atoms with van der Waals surface area (Å²) in [6.45, 7) is 1.56. The third-order valence-corrected chi connectivity index (χ3v) is 4.43. The average molecular weight is 383 g/mol. The maximum Gasteiger partial charge on any atom is 0.138 e. The van der Waals surface area contributed by atoms with Crippen molar-refractivity contribution < 1.29 is 4.74 Å². The number of hydrogen-bond donors (Lipinski definition) is 1. The zero-order chi connectivity index (χ0) is 19.2. The monoisotopic (exact) mass is 382 g/mol. The van der Waals surface area contributed by atoms with Crippen LogP contribution in [0.5, 0.6) is 5.75 Å². The zero-order valence-electron chi connectivity index (χ0n) is 15.5. The van der Waals surface area contributed by atoms with Gasteiger partial charge in [-0.2, -0.15) is 0 Å². The number of aromatic nitrogens is 2. The van der Waals surface area contributed by atoms with Crippen molar-refractivity contribution in [2.45, 2.75) is 6.42 Å². The summed E-state index contributed by atoms with van der Waals surface area (Å²) >= 11 is 6.32. The van der Waals surface area contributed by atoms with E-state index in [9.17, 15) is 0 Å². The number of nitrogens with two attached hydrogens (primary N) is 1. The second kappa shape index (κ2) is 8.84. The van der Waals surface area contributed by atoms with E-state index in [-0.39, 0.29) is 0 Å². The molecule has 0 saturated heterocycles. The first kappa shape index (κ1) is 19.1. The second-order valence-corrected chi connectivity index (χ2v) is 6.90. The Labute approximate surface area is 164 Å². The third kappa shape index (κ3) is 4.76. The summed E-state index contributed by atoms with van der Waals surface area (Å²) in [5.41, 5.74) is 10.0. The molecule has 0 fully saturated rings. The fourth-order valence-corrected chi connectivity index (χ4v) is 2.97. The van der Waals surface area contributed by atoms with Crippen LogP contribution in [0.15, 0.2) is 54.9 Å². The minimum atomic E-state index is 0.582. The van der Waals surface area contributed by atoms with Crippen molar-refractivity contribution >= 4 is 17.3 Å². The van der Waals surface area contributed by atoms with Crippen molar-refractivity contribution in [3.05, 3.63) is 59.9 Å². The van der Waals surface area contributed by atoms with Crippen LogP contribution in [0.1, 0.15) is 6.42 Å². The molecule has 6 heteroatoms. The molecule has 0 aliphatic rings. The van der Waals surface area contributed by atoms with E-state index in [2.05, 4.69) is 14.9 Å². The normalized spacial score (nSPS) is 11.0. The Bertz CT molecular complexity index is 914. The van der Waals surface area contributed by atoms with Crippen LogP contribution in [-0.2, 0) is 0 Å². The molecule has 0 spiro atoms. The van der Waals surface area contributed by atoms with Crippen molar-refractivity contribution in [1.29, 1.82) is 0 Å². The lowest BCUT2D eigenvalue weighted by molar-refractivity contribution is 0.282. The molecule has 0 atom stereocenters. The van der Waals surface area contributed by atoms with E-state index in [1.165, 1.54) is 0 Å². The number of rotatable bonds is 7. The summed E-state index contributed by atoms with van der Waals surface area (Å²) in [5.74, 6) is 0.651. The lowest BCUT2D eigenvalue weighted by Crippen LogP contribution is -2.15. The SMILES string of the molecule is CN(C)CCCOc1cc(-c2ncccc2-c2ncccc2N)ccc1Cl.